The van der Waals surface area contributed by atoms with Gasteiger partial charge in [0.15, 0.2) is 23.4 Å². The van der Waals surface area contributed by atoms with Gasteiger partial charge in [0.05, 0.1) is 18.1 Å². The third-order valence-electron chi connectivity index (χ3n) is 6.73. The van der Waals surface area contributed by atoms with Crippen LogP contribution in [0.5, 0.6) is 11.5 Å². The van der Waals surface area contributed by atoms with Crippen molar-refractivity contribution in [2.45, 2.75) is 48.8 Å². The van der Waals surface area contributed by atoms with Gasteiger partial charge in [0.2, 0.25) is 0 Å². The second kappa shape index (κ2) is 4.08. The molecule has 5 rings (SSSR count). The smallest absolute Gasteiger partial charge is 0.174 e. The van der Waals surface area contributed by atoms with Gasteiger partial charge in [-0.1, -0.05) is 6.07 Å². The van der Waals surface area contributed by atoms with E-state index in [4.69, 9.17) is 9.47 Å². The Balaban J connectivity index is 1.86. The lowest BCUT2D eigenvalue weighted by Crippen LogP contribution is -2.76. The van der Waals surface area contributed by atoms with E-state index < -0.39 is 17.1 Å². The van der Waals surface area contributed by atoms with Crippen LogP contribution in [0.3, 0.4) is 0 Å². The Kier molecular flexibility index (Phi) is 2.45. The van der Waals surface area contributed by atoms with E-state index in [1.54, 1.807) is 7.11 Å². The number of Topliss-reactive ketones (excluding diaryl/α,β-unsaturated/α-hetero) is 1. The maximum absolute atomic E-state index is 12.7. The molecule has 2 heterocycles. The number of ketones is 1. The number of ether oxygens (including phenoxy) is 2. The number of piperidine rings is 1. The van der Waals surface area contributed by atoms with Gasteiger partial charge in [-0.15, -0.1) is 0 Å². The molecule has 0 radical (unpaired) electrons. The Morgan fingerprint density at radius 3 is 3.00 bits per heavy atom. The molecule has 1 aromatic rings. The quantitative estimate of drug-likeness (QED) is 0.839. The number of benzene rings is 1. The van der Waals surface area contributed by atoms with Gasteiger partial charge in [-0.25, -0.2) is 0 Å². The first-order valence-electron chi connectivity index (χ1n) is 8.35. The van der Waals surface area contributed by atoms with E-state index in [9.17, 15) is 9.90 Å². The average molecular weight is 315 g/mol. The van der Waals surface area contributed by atoms with E-state index >= 15 is 0 Å². The fourth-order valence-electron chi connectivity index (χ4n) is 5.69. The van der Waals surface area contributed by atoms with Gasteiger partial charge >= 0.3 is 0 Å². The molecule has 2 bridgehead atoms. The fraction of sp³-hybridized carbons (Fsp3) is 0.611. The number of nitrogens with zero attached hydrogens (tertiary/aromatic N) is 1. The van der Waals surface area contributed by atoms with Crippen LogP contribution >= 0.6 is 0 Å². The lowest BCUT2D eigenvalue weighted by Gasteiger charge is -2.62. The summed E-state index contributed by atoms with van der Waals surface area (Å²) in [6.45, 7) is 0.871. The Hall–Kier alpha value is -1.59. The van der Waals surface area contributed by atoms with Crippen molar-refractivity contribution >= 4 is 5.78 Å². The van der Waals surface area contributed by atoms with Crippen molar-refractivity contribution in [1.29, 1.82) is 0 Å². The maximum Gasteiger partial charge on any atom is 0.174 e. The highest BCUT2D eigenvalue weighted by atomic mass is 16.5. The molecule has 23 heavy (non-hydrogen) atoms. The zero-order valence-electron chi connectivity index (χ0n) is 13.5. The monoisotopic (exact) mass is 315 g/mol. The van der Waals surface area contributed by atoms with Crippen LogP contribution in [0.1, 0.15) is 30.4 Å². The highest BCUT2D eigenvalue weighted by Crippen LogP contribution is 2.64. The summed E-state index contributed by atoms with van der Waals surface area (Å²) in [5.41, 5.74) is 0.737. The summed E-state index contributed by atoms with van der Waals surface area (Å²) < 4.78 is 11.6. The molecule has 2 fully saturated rings. The zero-order chi connectivity index (χ0) is 16.0. The Morgan fingerprint density at radius 2 is 2.22 bits per heavy atom. The summed E-state index contributed by atoms with van der Waals surface area (Å²) in [6.07, 6.45) is 1.89. The summed E-state index contributed by atoms with van der Waals surface area (Å²) in [5, 5.41) is 11.7. The van der Waals surface area contributed by atoms with E-state index in [-0.39, 0.29) is 11.8 Å². The maximum atomic E-state index is 12.7. The Morgan fingerprint density at radius 1 is 1.39 bits per heavy atom. The molecule has 0 amide bonds. The molecule has 1 saturated heterocycles. The van der Waals surface area contributed by atoms with Crippen LogP contribution in [0.4, 0.5) is 0 Å². The minimum absolute atomic E-state index is 0.0438. The molecule has 1 N–H and O–H groups in total. The highest BCUT2D eigenvalue weighted by molar-refractivity contribution is 5.90. The molecule has 5 heteroatoms. The number of rotatable bonds is 1. The van der Waals surface area contributed by atoms with Crippen molar-refractivity contribution in [3.05, 3.63) is 23.3 Å². The first-order valence-corrected chi connectivity index (χ1v) is 8.35. The van der Waals surface area contributed by atoms with Gasteiger partial charge in [-0.2, -0.15) is 0 Å². The van der Waals surface area contributed by atoms with Crippen LogP contribution in [0.25, 0.3) is 0 Å². The molecule has 1 unspecified atom stereocenters. The fourth-order valence-corrected chi connectivity index (χ4v) is 5.69. The molecule has 5 nitrogen and oxygen atoms in total. The number of likely N-dealkylation sites (N-methyl/N-ethyl adjacent to an activating group) is 1. The first-order chi connectivity index (χ1) is 11.0. The average Bonchev–Trinajstić information content (AvgIpc) is 2.90. The lowest BCUT2D eigenvalue weighted by atomic mass is 9.49. The first kappa shape index (κ1) is 13.8. The molecule has 1 spiro atoms. The number of hydrogen-bond donors (Lipinski definition) is 1. The van der Waals surface area contributed by atoms with Crippen molar-refractivity contribution in [2.24, 2.45) is 0 Å². The van der Waals surface area contributed by atoms with Gasteiger partial charge in [0.25, 0.3) is 0 Å². The topological polar surface area (TPSA) is 59.0 Å². The molecule has 4 aliphatic rings. The summed E-state index contributed by atoms with van der Waals surface area (Å²) in [6, 6.07) is 4.05. The van der Waals surface area contributed by atoms with Gasteiger partial charge < -0.3 is 19.5 Å². The van der Waals surface area contributed by atoms with Gasteiger partial charge in [0, 0.05) is 18.0 Å². The number of aliphatic hydroxyl groups is 1. The molecular formula is C18H21NO4. The Labute approximate surface area is 135 Å². The number of likely N-dealkylation sites (tertiary alicyclic amines) is 1. The van der Waals surface area contributed by atoms with Crippen molar-refractivity contribution in [3.63, 3.8) is 0 Å². The van der Waals surface area contributed by atoms with Crippen molar-refractivity contribution in [2.75, 3.05) is 20.7 Å². The third kappa shape index (κ3) is 1.32. The molecular weight excluding hydrogens is 294 g/mol. The van der Waals surface area contributed by atoms with E-state index in [0.29, 0.717) is 24.3 Å². The lowest BCUT2D eigenvalue weighted by molar-refractivity contribution is -0.185. The Bertz CT molecular complexity index is 732. The van der Waals surface area contributed by atoms with Crippen LogP contribution in [0, 0.1) is 0 Å². The largest absolute Gasteiger partial charge is 0.493 e. The SMILES string of the molecule is COc1ccc2c3c1O[C@H]1C(=O)CC[C@@]4(O)[C@@H](C2)N(C)CCC314. The summed E-state index contributed by atoms with van der Waals surface area (Å²) in [7, 11) is 3.70. The summed E-state index contributed by atoms with van der Waals surface area (Å²) >= 11 is 0. The van der Waals surface area contributed by atoms with Crippen LogP contribution in [-0.2, 0) is 16.6 Å². The summed E-state index contributed by atoms with van der Waals surface area (Å²) in [5.74, 6) is 1.47. The minimum atomic E-state index is -0.900. The molecule has 1 saturated carbocycles. The van der Waals surface area contributed by atoms with Crippen LogP contribution in [0.2, 0.25) is 0 Å². The van der Waals surface area contributed by atoms with Crippen LogP contribution in [-0.4, -0.2) is 54.2 Å². The number of hydrogen-bond acceptors (Lipinski definition) is 5. The van der Waals surface area contributed by atoms with E-state index in [1.165, 1.54) is 5.56 Å². The van der Waals surface area contributed by atoms with E-state index in [2.05, 4.69) is 18.0 Å². The van der Waals surface area contributed by atoms with E-state index in [1.807, 2.05) is 6.07 Å². The molecule has 4 atom stereocenters. The molecule has 1 aromatic carbocycles. The molecule has 122 valence electrons. The van der Waals surface area contributed by atoms with Crippen molar-refractivity contribution in [3.8, 4) is 11.5 Å². The second-order valence-corrected chi connectivity index (χ2v) is 7.44. The predicted octanol–water partition coefficient (Wildman–Crippen LogP) is 1.05. The minimum Gasteiger partial charge on any atom is -0.493 e. The number of carbonyl (C=O) groups excluding carboxylic acids is 1. The second-order valence-electron chi connectivity index (χ2n) is 7.44. The zero-order valence-corrected chi connectivity index (χ0v) is 13.5. The normalized spacial score (nSPS) is 40.6. The van der Waals surface area contributed by atoms with Gasteiger partial charge in [-0.3, -0.25) is 4.79 Å². The molecule has 2 aliphatic heterocycles. The molecule has 0 aromatic heterocycles. The number of methoxy groups -OCH3 is 1. The van der Waals surface area contributed by atoms with Gasteiger partial charge in [0.1, 0.15) is 0 Å². The third-order valence-corrected chi connectivity index (χ3v) is 6.73. The number of carbonyl (C=O) groups is 1. The van der Waals surface area contributed by atoms with Crippen molar-refractivity contribution in [1.82, 2.24) is 4.90 Å². The van der Waals surface area contributed by atoms with Crippen LogP contribution < -0.4 is 9.47 Å². The summed E-state index contributed by atoms with van der Waals surface area (Å²) in [4.78, 5) is 14.9. The van der Waals surface area contributed by atoms with E-state index in [0.717, 1.165) is 24.9 Å². The van der Waals surface area contributed by atoms with Crippen molar-refractivity contribution < 1.29 is 19.4 Å². The highest BCUT2D eigenvalue weighted by Gasteiger charge is 2.72. The molecule has 2 aliphatic carbocycles. The standard InChI is InChI=1S/C18H21NO4/c1-19-8-7-17-14-10-3-4-12(22-2)15(14)23-16(17)11(20)5-6-18(17,21)13(19)9-10/h3-4,13,16,21H,5-9H2,1-2H3/t13-,16+,17?,18-/m1/s1. The van der Waals surface area contributed by atoms with Crippen LogP contribution in [0.15, 0.2) is 12.1 Å². The predicted molar refractivity (Wildman–Crippen MR) is 83.0 cm³/mol. The van der Waals surface area contributed by atoms with Gasteiger partial charge in [-0.05, 0) is 44.5 Å².